The molecule has 0 bridgehead atoms. The van der Waals surface area contributed by atoms with Crippen LogP contribution in [0.5, 0.6) is 0 Å². The molecule has 2 aromatic rings. The zero-order valence-corrected chi connectivity index (χ0v) is 14.5. The number of nitrogens with zero attached hydrogens (tertiary/aromatic N) is 3. The van der Waals surface area contributed by atoms with Gasteiger partial charge >= 0.3 is 0 Å². The van der Waals surface area contributed by atoms with Crippen LogP contribution < -0.4 is 10.6 Å². The lowest BCUT2D eigenvalue weighted by molar-refractivity contribution is 0.0449. The molecule has 1 saturated heterocycles. The smallest absolute Gasteiger partial charge is 0.248 e. The number of benzene rings is 1. The van der Waals surface area contributed by atoms with Crippen molar-refractivity contribution >= 4 is 11.9 Å². The number of primary amides is 1. The topological polar surface area (TPSA) is 81.3 Å². The van der Waals surface area contributed by atoms with Gasteiger partial charge in [0.25, 0.3) is 0 Å². The molecular weight excluding hydrogens is 316 g/mol. The highest BCUT2D eigenvalue weighted by Crippen LogP contribution is 2.34. The molecule has 0 spiro atoms. The van der Waals surface area contributed by atoms with Crippen LogP contribution in [0.15, 0.2) is 24.3 Å². The Morgan fingerprint density at radius 3 is 2.64 bits per heavy atom. The average molecular weight is 338 g/mol. The van der Waals surface area contributed by atoms with Crippen LogP contribution in [0.4, 0.5) is 5.95 Å². The van der Waals surface area contributed by atoms with Gasteiger partial charge in [0.15, 0.2) is 0 Å². The molecule has 1 aliphatic heterocycles. The molecule has 1 aromatic heterocycles. The molecule has 2 aliphatic rings. The zero-order valence-electron chi connectivity index (χ0n) is 14.5. The van der Waals surface area contributed by atoms with Crippen molar-refractivity contribution in [3.05, 3.63) is 41.1 Å². The minimum Gasteiger partial charge on any atom is -0.377 e. The minimum atomic E-state index is -0.417. The molecule has 6 nitrogen and oxygen atoms in total. The Balaban J connectivity index is 1.73. The number of aromatic nitrogens is 2. The molecule has 0 unspecified atom stereocenters. The Labute approximate surface area is 147 Å². The number of carbonyl (C=O) groups is 1. The predicted octanol–water partition coefficient (Wildman–Crippen LogP) is 1.95. The number of ether oxygens (including phenoxy) is 1. The molecule has 1 amide bonds. The van der Waals surface area contributed by atoms with Crippen LogP contribution in [0.3, 0.4) is 0 Å². The molecule has 4 rings (SSSR count). The summed E-state index contributed by atoms with van der Waals surface area (Å²) in [6, 6.07) is 7.63. The van der Waals surface area contributed by atoms with E-state index in [0.29, 0.717) is 5.56 Å². The average Bonchev–Trinajstić information content (AvgIpc) is 3.09. The van der Waals surface area contributed by atoms with Gasteiger partial charge in [0.2, 0.25) is 11.9 Å². The quantitative estimate of drug-likeness (QED) is 0.921. The van der Waals surface area contributed by atoms with Crippen molar-refractivity contribution in [3.63, 3.8) is 0 Å². The first kappa shape index (κ1) is 16.0. The summed E-state index contributed by atoms with van der Waals surface area (Å²) in [6.07, 6.45) is 3.33. The Hall–Kier alpha value is -2.47. The van der Waals surface area contributed by atoms with Crippen molar-refractivity contribution in [2.45, 2.75) is 38.3 Å². The molecule has 0 saturated carbocycles. The number of rotatable bonds is 4. The molecule has 130 valence electrons. The van der Waals surface area contributed by atoms with Crippen LogP contribution in [-0.4, -0.2) is 41.7 Å². The van der Waals surface area contributed by atoms with Gasteiger partial charge in [-0.15, -0.1) is 0 Å². The Kier molecular flexibility index (Phi) is 3.92. The molecule has 2 N–H and O–H groups in total. The van der Waals surface area contributed by atoms with Crippen molar-refractivity contribution in [2.24, 2.45) is 5.73 Å². The van der Waals surface area contributed by atoms with Gasteiger partial charge in [-0.2, -0.15) is 0 Å². The predicted molar refractivity (Wildman–Crippen MR) is 95.6 cm³/mol. The van der Waals surface area contributed by atoms with E-state index in [9.17, 15) is 4.79 Å². The summed E-state index contributed by atoms with van der Waals surface area (Å²) in [6.45, 7) is 2.95. The van der Waals surface area contributed by atoms with E-state index >= 15 is 0 Å². The van der Waals surface area contributed by atoms with E-state index in [1.807, 2.05) is 12.1 Å². The number of nitrogens with two attached hydrogens (primary N) is 1. The van der Waals surface area contributed by atoms with E-state index in [-0.39, 0.29) is 12.1 Å². The normalized spacial score (nSPS) is 21.8. The van der Waals surface area contributed by atoms with Crippen molar-refractivity contribution in [3.8, 4) is 11.3 Å². The molecule has 1 fully saturated rings. The molecule has 0 radical (unpaired) electrons. The van der Waals surface area contributed by atoms with Crippen LogP contribution in [0.1, 0.15) is 35.0 Å². The largest absolute Gasteiger partial charge is 0.377 e. The Morgan fingerprint density at radius 2 is 2.00 bits per heavy atom. The number of carbonyl (C=O) groups excluding carboxylic acids is 1. The number of hydrogen-bond donors (Lipinski definition) is 1. The third-order valence-electron chi connectivity index (χ3n) is 5.33. The second-order valence-electron chi connectivity index (χ2n) is 6.76. The monoisotopic (exact) mass is 338 g/mol. The fraction of sp³-hybridized carbons (Fsp3) is 0.421. The number of hydrogen-bond acceptors (Lipinski definition) is 5. The summed E-state index contributed by atoms with van der Waals surface area (Å²) in [7, 11) is 1.74. The molecule has 2 atom stereocenters. The maximum absolute atomic E-state index is 11.3. The lowest BCUT2D eigenvalue weighted by Gasteiger charge is -2.45. The number of fused-ring (bicyclic) bond motifs is 1. The molecule has 1 aliphatic carbocycles. The molecular formula is C19H22N4O2. The molecule has 6 heteroatoms. The van der Waals surface area contributed by atoms with Gasteiger partial charge in [-0.3, -0.25) is 4.79 Å². The van der Waals surface area contributed by atoms with Crippen LogP contribution in [-0.2, 0) is 17.6 Å². The van der Waals surface area contributed by atoms with E-state index in [1.54, 1.807) is 19.2 Å². The Bertz CT molecular complexity index is 819. The highest BCUT2D eigenvalue weighted by atomic mass is 16.5. The number of anilines is 1. The fourth-order valence-corrected chi connectivity index (χ4v) is 3.69. The standard InChI is InChI=1S/C19H22N4O2/c1-11-16(25-2)10-23(11)19-21-15-5-3-4-14(15)17(22-19)12-6-8-13(9-7-12)18(20)24/h6-9,11,16H,3-5,10H2,1-2H3,(H2,20,24)/t11-,16+/m0/s1. The first-order valence-electron chi connectivity index (χ1n) is 8.68. The SMILES string of the molecule is CO[C@@H]1CN(c2nc3c(c(-c4ccc(C(N)=O)cc4)n2)CCC3)[C@H]1C. The minimum absolute atomic E-state index is 0.232. The third-order valence-corrected chi connectivity index (χ3v) is 5.33. The van der Waals surface area contributed by atoms with Gasteiger partial charge in [0, 0.05) is 36.0 Å². The van der Waals surface area contributed by atoms with Gasteiger partial charge < -0.3 is 15.4 Å². The summed E-state index contributed by atoms with van der Waals surface area (Å²) < 4.78 is 5.45. The van der Waals surface area contributed by atoms with Crippen LogP contribution in [0, 0.1) is 0 Å². The van der Waals surface area contributed by atoms with Crippen LogP contribution in [0.25, 0.3) is 11.3 Å². The van der Waals surface area contributed by atoms with E-state index in [2.05, 4.69) is 11.8 Å². The highest BCUT2D eigenvalue weighted by Gasteiger charge is 2.38. The first-order chi connectivity index (χ1) is 12.1. The van der Waals surface area contributed by atoms with Crippen molar-refractivity contribution in [1.29, 1.82) is 0 Å². The molecule has 1 aromatic carbocycles. The van der Waals surface area contributed by atoms with Crippen LogP contribution >= 0.6 is 0 Å². The van der Waals surface area contributed by atoms with Crippen molar-refractivity contribution in [1.82, 2.24) is 9.97 Å². The number of aryl methyl sites for hydroxylation is 1. The summed E-state index contributed by atoms with van der Waals surface area (Å²) in [5.74, 6) is 0.357. The van der Waals surface area contributed by atoms with Crippen molar-refractivity contribution in [2.75, 3.05) is 18.6 Å². The molecule has 2 heterocycles. The summed E-state index contributed by atoms with van der Waals surface area (Å²) >= 11 is 0. The van der Waals surface area contributed by atoms with Gasteiger partial charge in [0.1, 0.15) is 0 Å². The second-order valence-corrected chi connectivity index (χ2v) is 6.76. The number of methoxy groups -OCH3 is 1. The van der Waals surface area contributed by atoms with Crippen molar-refractivity contribution < 1.29 is 9.53 Å². The zero-order chi connectivity index (χ0) is 17.6. The third kappa shape index (κ3) is 2.66. The van der Waals surface area contributed by atoms with E-state index in [0.717, 1.165) is 48.7 Å². The lowest BCUT2D eigenvalue weighted by atomic mass is 10.0. The maximum Gasteiger partial charge on any atom is 0.248 e. The second kappa shape index (κ2) is 6.11. The van der Waals surface area contributed by atoms with Gasteiger partial charge in [-0.05, 0) is 38.3 Å². The summed E-state index contributed by atoms with van der Waals surface area (Å²) in [5.41, 5.74) is 10.2. The summed E-state index contributed by atoms with van der Waals surface area (Å²) in [4.78, 5) is 23.2. The van der Waals surface area contributed by atoms with E-state index in [4.69, 9.17) is 20.4 Å². The summed E-state index contributed by atoms with van der Waals surface area (Å²) in [5, 5.41) is 0. The molecule has 25 heavy (non-hydrogen) atoms. The van der Waals surface area contributed by atoms with E-state index < -0.39 is 5.91 Å². The van der Waals surface area contributed by atoms with Gasteiger partial charge in [-0.1, -0.05) is 12.1 Å². The highest BCUT2D eigenvalue weighted by molar-refractivity contribution is 5.93. The van der Waals surface area contributed by atoms with Gasteiger partial charge in [-0.25, -0.2) is 9.97 Å². The lowest BCUT2D eigenvalue weighted by Crippen LogP contribution is -2.60. The first-order valence-corrected chi connectivity index (χ1v) is 8.68. The maximum atomic E-state index is 11.3. The van der Waals surface area contributed by atoms with Gasteiger partial charge in [0.05, 0.1) is 17.8 Å². The number of amides is 1. The fourth-order valence-electron chi connectivity index (χ4n) is 3.69. The Morgan fingerprint density at radius 1 is 1.24 bits per heavy atom. The van der Waals surface area contributed by atoms with Crippen LogP contribution in [0.2, 0.25) is 0 Å². The van der Waals surface area contributed by atoms with E-state index in [1.165, 1.54) is 5.56 Å².